The molecule has 18 heteroatoms. The first-order valence-electron chi connectivity index (χ1n) is 20.0. The third-order valence-electron chi connectivity index (χ3n) is 12.7. The van der Waals surface area contributed by atoms with Crippen LogP contribution in [0.15, 0.2) is 98.8 Å². The number of hydrogen-bond acceptors (Lipinski definition) is 11. The number of methoxy groups -OCH3 is 3. The van der Waals surface area contributed by atoms with Gasteiger partial charge < -0.3 is 23.9 Å². The zero-order valence-corrected chi connectivity index (χ0v) is 36.2. The van der Waals surface area contributed by atoms with Gasteiger partial charge in [-0.15, -0.1) is 0 Å². The maximum Gasteiger partial charge on any atom is 0.347 e. The van der Waals surface area contributed by atoms with E-state index >= 15 is 9.59 Å². The fourth-order valence-electron chi connectivity index (χ4n) is 9.69. The molecule has 3 aliphatic rings. The lowest BCUT2D eigenvalue weighted by Crippen LogP contribution is -2.53. The van der Waals surface area contributed by atoms with E-state index in [1.807, 2.05) is 0 Å². The summed E-state index contributed by atoms with van der Waals surface area (Å²) in [5, 5.41) is 13.3. The predicted molar refractivity (Wildman–Crippen MR) is 234 cm³/mol. The Bertz CT molecular complexity index is 3120. The normalized spacial score (nSPS) is 20.3. The molecule has 1 saturated heterocycles. The number of carbonyl (C=O) groups is 2. The van der Waals surface area contributed by atoms with E-state index < -0.39 is 52.0 Å². The highest BCUT2D eigenvalue weighted by atomic mass is 35.5. The summed E-state index contributed by atoms with van der Waals surface area (Å²) in [4.78, 5) is 77.7. The second-order valence-electron chi connectivity index (χ2n) is 15.8. The maximum atomic E-state index is 15.5. The van der Waals surface area contributed by atoms with Crippen molar-refractivity contribution in [3.05, 3.63) is 148 Å². The zero-order valence-electron chi connectivity index (χ0n) is 34.7. The number of nitrogens with one attached hydrogen (secondary N) is 1. The lowest BCUT2D eigenvalue weighted by molar-refractivity contribution is -0.138. The highest BCUT2D eigenvalue weighted by Crippen LogP contribution is 2.63. The number of fused-ring (bicyclic) bond motifs is 5. The lowest BCUT2D eigenvalue weighted by Gasteiger charge is -2.49. The molecule has 2 aliphatic heterocycles. The number of aromatic hydroxyl groups is 1. The topological polar surface area (TPSA) is 181 Å². The number of allylic oxidation sites excluding steroid dienone is 2. The van der Waals surface area contributed by atoms with Gasteiger partial charge in [0.2, 0.25) is 0 Å². The second kappa shape index (κ2) is 15.5. The van der Waals surface area contributed by atoms with Gasteiger partial charge in [0.05, 0.1) is 67.0 Å². The van der Waals surface area contributed by atoms with Crippen LogP contribution in [0.2, 0.25) is 10.0 Å². The van der Waals surface area contributed by atoms with Gasteiger partial charge in [-0.05, 0) is 60.4 Å². The van der Waals surface area contributed by atoms with Crippen LogP contribution in [0.4, 0.5) is 5.69 Å². The van der Waals surface area contributed by atoms with Crippen molar-refractivity contribution >= 4 is 51.7 Å². The average molecular weight is 895 g/mol. The summed E-state index contributed by atoms with van der Waals surface area (Å²) in [6.45, 7) is 1.48. The summed E-state index contributed by atoms with van der Waals surface area (Å²) in [6, 6.07) is 19.0. The molecule has 1 aliphatic carbocycles. The Balaban J connectivity index is 1.18. The first-order chi connectivity index (χ1) is 30.2. The molecule has 0 unspecified atom stereocenters. The van der Waals surface area contributed by atoms with Crippen LogP contribution in [0.1, 0.15) is 40.8 Å². The number of aromatic nitrogens is 5. The maximum absolute atomic E-state index is 15.5. The van der Waals surface area contributed by atoms with Crippen LogP contribution in [0.3, 0.4) is 0 Å². The van der Waals surface area contributed by atoms with Crippen molar-refractivity contribution in [3.63, 3.8) is 0 Å². The molecular formula is C45H41Cl2N7O9. The Morgan fingerprint density at radius 2 is 1.63 bits per heavy atom. The van der Waals surface area contributed by atoms with E-state index in [4.69, 9.17) is 37.4 Å². The molecule has 63 heavy (non-hydrogen) atoms. The number of phenolic OH excluding ortho intramolecular Hbond substituents is 1. The Morgan fingerprint density at radius 1 is 0.905 bits per heavy atom. The van der Waals surface area contributed by atoms with Gasteiger partial charge in [0, 0.05) is 48.6 Å². The van der Waals surface area contributed by atoms with Crippen LogP contribution in [0.5, 0.6) is 23.0 Å². The van der Waals surface area contributed by atoms with Gasteiger partial charge in [-0.1, -0.05) is 59.6 Å². The van der Waals surface area contributed by atoms with Gasteiger partial charge in [0.1, 0.15) is 17.2 Å². The minimum absolute atomic E-state index is 0.0645. The molecular weight excluding hydrogens is 853 g/mol. The third kappa shape index (κ3) is 6.25. The van der Waals surface area contributed by atoms with Gasteiger partial charge in [0.25, 0.3) is 17.4 Å². The van der Waals surface area contributed by atoms with Crippen molar-refractivity contribution in [2.45, 2.75) is 50.2 Å². The Kier molecular flexibility index (Phi) is 10.3. The number of anilines is 1. The van der Waals surface area contributed by atoms with Crippen molar-refractivity contribution in [1.82, 2.24) is 28.5 Å². The highest BCUT2D eigenvalue weighted by molar-refractivity contribution is 6.36. The van der Waals surface area contributed by atoms with E-state index in [0.717, 1.165) is 9.58 Å². The van der Waals surface area contributed by atoms with Crippen LogP contribution >= 0.6 is 23.2 Å². The first kappa shape index (κ1) is 41.6. The monoisotopic (exact) mass is 893 g/mol. The number of halogens is 2. The largest absolute Gasteiger partial charge is 0.507 e. The molecule has 2 N–H and O–H groups in total. The number of aryl methyl sites for hydroxylation is 3. The highest BCUT2D eigenvalue weighted by Gasteiger charge is 2.69. The fourth-order valence-corrected chi connectivity index (χ4v) is 10.1. The Labute approximate surface area is 369 Å². The third-order valence-corrected chi connectivity index (χ3v) is 13.3. The smallest absolute Gasteiger partial charge is 0.347 e. The van der Waals surface area contributed by atoms with Crippen molar-refractivity contribution in [2.75, 3.05) is 26.8 Å². The quantitative estimate of drug-likeness (QED) is 0.135. The molecule has 324 valence electrons. The minimum atomic E-state index is -1.69. The molecule has 0 spiro atoms. The van der Waals surface area contributed by atoms with E-state index in [9.17, 15) is 19.5 Å². The van der Waals surface area contributed by atoms with Gasteiger partial charge in [-0.2, -0.15) is 5.01 Å². The number of rotatable bonds is 10. The molecule has 4 atom stereocenters. The number of hydrazine groups is 1. The Morgan fingerprint density at radius 3 is 2.33 bits per heavy atom. The Hall–Kier alpha value is -6.78. The molecule has 4 aromatic carbocycles. The molecule has 16 nitrogen and oxygen atoms in total. The number of carbonyl (C=O) groups excluding carboxylic acids is 2. The molecule has 9 rings (SSSR count). The summed E-state index contributed by atoms with van der Waals surface area (Å²) in [6.07, 6.45) is 1.65. The van der Waals surface area contributed by atoms with Gasteiger partial charge in [0.15, 0.2) is 11.5 Å². The van der Waals surface area contributed by atoms with Crippen molar-refractivity contribution in [1.29, 1.82) is 0 Å². The molecule has 2 amide bonds. The van der Waals surface area contributed by atoms with Crippen LogP contribution in [-0.4, -0.2) is 66.7 Å². The zero-order chi connectivity index (χ0) is 44.6. The number of benzene rings is 4. The minimum Gasteiger partial charge on any atom is -0.507 e. The van der Waals surface area contributed by atoms with Crippen LogP contribution < -0.4 is 36.6 Å². The number of nitrogens with zero attached hydrogens (tertiary/aromatic N) is 6. The van der Waals surface area contributed by atoms with Crippen LogP contribution in [0.25, 0.3) is 11.0 Å². The number of hydrogen-bond donors (Lipinski definition) is 2. The van der Waals surface area contributed by atoms with Crippen molar-refractivity contribution in [3.8, 4) is 23.0 Å². The molecule has 2 fully saturated rings. The summed E-state index contributed by atoms with van der Waals surface area (Å²) in [7, 11) is 6.09. The van der Waals surface area contributed by atoms with Crippen LogP contribution in [0, 0.1) is 12.8 Å². The van der Waals surface area contributed by atoms with Crippen molar-refractivity contribution in [2.24, 2.45) is 13.0 Å². The summed E-state index contributed by atoms with van der Waals surface area (Å²) in [5.41, 5.74) is 2.77. The lowest BCUT2D eigenvalue weighted by atomic mass is 9.53. The number of amides is 2. The van der Waals surface area contributed by atoms with E-state index in [1.54, 1.807) is 86.8 Å². The van der Waals surface area contributed by atoms with E-state index in [0.29, 0.717) is 55.6 Å². The predicted octanol–water partition coefficient (Wildman–Crippen LogP) is 5.27. The standard InChI is InChI=1S/C45H41Cl2N7O9/c1-23-7-6-8-28(39(23)55)38-27-15-18-52-43(59)51(17-16-32-41(57)50(2)35-22-37(63-5)36(62-4)21-33(35)48-32)44(60)54(52)34(27)20-29-40(56)53(49-31-14-11-25(46)19-30(31)47)42(58)45(29,38)24-9-12-26(61-3)13-10-24/h6-15,19,21-22,29,34,38,49,55H,16-18,20H2,1-5H3/t29-,34+,38+,45+/m0/s1. The molecule has 0 radical (unpaired) electrons. The van der Waals surface area contributed by atoms with Crippen LogP contribution in [-0.2, 0) is 41.6 Å². The van der Waals surface area contributed by atoms with E-state index in [-0.39, 0.29) is 48.1 Å². The van der Waals surface area contributed by atoms with Crippen molar-refractivity contribution < 1.29 is 28.9 Å². The number of para-hydroxylation sites is 1. The summed E-state index contributed by atoms with van der Waals surface area (Å²) < 4.78 is 21.5. The first-order valence-corrected chi connectivity index (χ1v) is 20.8. The van der Waals surface area contributed by atoms with Gasteiger partial charge in [-0.3, -0.25) is 19.8 Å². The summed E-state index contributed by atoms with van der Waals surface area (Å²) in [5.74, 6) is -2.15. The fraction of sp³-hybridized carbons (Fsp3) is 0.289. The van der Waals surface area contributed by atoms with E-state index in [1.165, 1.54) is 41.3 Å². The summed E-state index contributed by atoms with van der Waals surface area (Å²) >= 11 is 12.8. The molecule has 0 bridgehead atoms. The van der Waals surface area contributed by atoms with E-state index in [2.05, 4.69) is 10.4 Å². The molecule has 2 aromatic heterocycles. The number of imide groups is 1. The van der Waals surface area contributed by atoms with Gasteiger partial charge >= 0.3 is 11.4 Å². The average Bonchev–Trinajstić information content (AvgIpc) is 3.65. The number of phenols is 1. The second-order valence-corrected chi connectivity index (χ2v) is 16.6. The van der Waals surface area contributed by atoms with Gasteiger partial charge in [-0.25, -0.2) is 28.5 Å². The SMILES string of the molecule is COc1ccc([C@@]23C(=O)N(Nc4ccc(Cl)cc4Cl)C(=O)[C@@H]2C[C@@H]2C(=CCn4c(=O)n(CCc5nc6cc(OC)c(OC)cc6n(C)c5=O)c(=O)n42)[C@@H]3c2cccc(C)c2O)cc1. The molecule has 4 heterocycles. The molecule has 6 aromatic rings. The molecule has 1 saturated carbocycles. The number of ether oxygens (including phenoxy) is 3.